The molecular weight excluding hydrogens is 258 g/mol. The lowest BCUT2D eigenvalue weighted by Crippen LogP contribution is -2.41. The number of para-hydroxylation sites is 2. The fourth-order valence-corrected chi connectivity index (χ4v) is 3.76. The van der Waals surface area contributed by atoms with Crippen LogP contribution in [0.25, 0.3) is 11.0 Å². The number of fused-ring (bicyclic) bond motifs is 1. The number of aromatic nitrogens is 2. The molecule has 114 valence electrons. The Morgan fingerprint density at radius 1 is 1.29 bits per heavy atom. The van der Waals surface area contributed by atoms with Gasteiger partial charge in [0.25, 0.3) is 0 Å². The Balaban J connectivity index is 2.11. The number of hydrogen-bond donors (Lipinski definition) is 1. The Morgan fingerprint density at radius 2 is 2.00 bits per heavy atom. The van der Waals surface area contributed by atoms with E-state index in [2.05, 4.69) is 42.7 Å². The third-order valence-electron chi connectivity index (χ3n) is 5.20. The van der Waals surface area contributed by atoms with Crippen LogP contribution in [0.3, 0.4) is 0 Å². The molecular formula is C18H27N3. The molecule has 0 saturated heterocycles. The maximum absolute atomic E-state index is 6.25. The lowest BCUT2D eigenvalue weighted by atomic mass is 9.70. The molecule has 0 amide bonds. The minimum absolute atomic E-state index is 0.0840. The van der Waals surface area contributed by atoms with E-state index in [1.54, 1.807) is 0 Å². The summed E-state index contributed by atoms with van der Waals surface area (Å²) < 4.78 is 2.43. The van der Waals surface area contributed by atoms with Gasteiger partial charge in [-0.3, -0.25) is 0 Å². The second-order valence-corrected chi connectivity index (χ2v) is 6.74. The first-order valence-electron chi connectivity index (χ1n) is 8.36. The summed E-state index contributed by atoms with van der Waals surface area (Å²) in [5.41, 5.74) is 8.72. The van der Waals surface area contributed by atoms with E-state index >= 15 is 0 Å². The molecule has 2 N–H and O–H groups in total. The normalized spacial score (nSPS) is 26.3. The lowest BCUT2D eigenvalue weighted by Gasteiger charge is -2.38. The van der Waals surface area contributed by atoms with Crippen molar-refractivity contribution in [3.8, 4) is 0 Å². The summed E-state index contributed by atoms with van der Waals surface area (Å²) in [7, 11) is 0. The quantitative estimate of drug-likeness (QED) is 0.927. The molecule has 0 atom stereocenters. The van der Waals surface area contributed by atoms with Crippen molar-refractivity contribution in [1.29, 1.82) is 0 Å². The summed E-state index contributed by atoms with van der Waals surface area (Å²) in [6.45, 7) is 6.34. The summed E-state index contributed by atoms with van der Waals surface area (Å²) in [6.07, 6.45) is 6.03. The second-order valence-electron chi connectivity index (χ2n) is 6.74. The highest BCUT2D eigenvalue weighted by Crippen LogP contribution is 2.41. The Hall–Kier alpha value is -1.35. The zero-order chi connectivity index (χ0) is 14.9. The van der Waals surface area contributed by atoms with E-state index in [0.29, 0.717) is 6.54 Å². The summed E-state index contributed by atoms with van der Waals surface area (Å²) in [5, 5.41) is 0. The lowest BCUT2D eigenvalue weighted by molar-refractivity contribution is 0.231. The first-order chi connectivity index (χ1) is 10.2. The van der Waals surface area contributed by atoms with E-state index < -0.39 is 0 Å². The Morgan fingerprint density at radius 3 is 2.67 bits per heavy atom. The highest BCUT2D eigenvalue weighted by molar-refractivity contribution is 5.76. The first kappa shape index (κ1) is 14.6. The van der Waals surface area contributed by atoms with Gasteiger partial charge < -0.3 is 10.3 Å². The van der Waals surface area contributed by atoms with Crippen molar-refractivity contribution in [2.75, 3.05) is 6.54 Å². The number of rotatable bonds is 4. The zero-order valence-electron chi connectivity index (χ0n) is 13.3. The van der Waals surface area contributed by atoms with Crippen LogP contribution < -0.4 is 5.73 Å². The predicted molar refractivity (Wildman–Crippen MR) is 88.4 cm³/mol. The third kappa shape index (κ3) is 2.48. The molecule has 0 unspecified atom stereocenters. The molecule has 0 radical (unpaired) electrons. The van der Waals surface area contributed by atoms with Crippen LogP contribution in [0.1, 0.15) is 51.8 Å². The second kappa shape index (κ2) is 5.80. The van der Waals surface area contributed by atoms with E-state index in [1.165, 1.54) is 37.0 Å². The number of benzene rings is 1. The SMILES string of the molecule is CCCn1c(C2(CN)CCC(C)CC2)nc2ccccc21. The summed E-state index contributed by atoms with van der Waals surface area (Å²) >= 11 is 0. The molecule has 1 fully saturated rings. The topological polar surface area (TPSA) is 43.8 Å². The van der Waals surface area contributed by atoms with Gasteiger partial charge in [-0.25, -0.2) is 4.98 Å². The third-order valence-corrected chi connectivity index (χ3v) is 5.20. The summed E-state index contributed by atoms with van der Waals surface area (Å²) in [6, 6.07) is 8.50. The van der Waals surface area contributed by atoms with Crippen molar-refractivity contribution in [2.45, 2.75) is 57.9 Å². The van der Waals surface area contributed by atoms with Gasteiger partial charge in [0.15, 0.2) is 0 Å². The molecule has 1 aromatic carbocycles. The maximum atomic E-state index is 6.25. The number of hydrogen-bond acceptors (Lipinski definition) is 2. The molecule has 1 saturated carbocycles. The maximum Gasteiger partial charge on any atom is 0.117 e. The molecule has 0 bridgehead atoms. The van der Waals surface area contributed by atoms with E-state index in [1.807, 2.05) is 0 Å². The molecule has 0 aliphatic heterocycles. The fraction of sp³-hybridized carbons (Fsp3) is 0.611. The van der Waals surface area contributed by atoms with Crippen molar-refractivity contribution in [3.63, 3.8) is 0 Å². The van der Waals surface area contributed by atoms with Gasteiger partial charge in [-0.1, -0.05) is 26.0 Å². The van der Waals surface area contributed by atoms with Crippen LogP contribution in [0.4, 0.5) is 0 Å². The van der Waals surface area contributed by atoms with Gasteiger partial charge in [-0.05, 0) is 50.2 Å². The fourth-order valence-electron chi connectivity index (χ4n) is 3.76. The smallest absolute Gasteiger partial charge is 0.117 e. The average molecular weight is 285 g/mol. The minimum atomic E-state index is 0.0840. The molecule has 3 nitrogen and oxygen atoms in total. The zero-order valence-corrected chi connectivity index (χ0v) is 13.3. The molecule has 1 aromatic heterocycles. The number of imidazole rings is 1. The van der Waals surface area contributed by atoms with Crippen molar-refractivity contribution < 1.29 is 0 Å². The standard InChI is InChI=1S/C18H27N3/c1-3-12-21-16-7-5-4-6-15(16)20-17(21)18(13-19)10-8-14(2)9-11-18/h4-7,14H,3,8-13,19H2,1-2H3. The van der Waals surface area contributed by atoms with Gasteiger partial charge in [0.05, 0.1) is 11.0 Å². The molecule has 2 aromatic rings. The van der Waals surface area contributed by atoms with Crippen molar-refractivity contribution in [3.05, 3.63) is 30.1 Å². The van der Waals surface area contributed by atoms with E-state index in [0.717, 1.165) is 24.4 Å². The Labute approximate surface area is 127 Å². The van der Waals surface area contributed by atoms with E-state index in [4.69, 9.17) is 10.7 Å². The summed E-state index contributed by atoms with van der Waals surface area (Å²) in [5.74, 6) is 2.06. The van der Waals surface area contributed by atoms with Crippen LogP contribution >= 0.6 is 0 Å². The minimum Gasteiger partial charge on any atom is -0.329 e. The molecule has 0 spiro atoms. The average Bonchev–Trinajstić information content (AvgIpc) is 2.89. The van der Waals surface area contributed by atoms with Crippen LogP contribution in [-0.2, 0) is 12.0 Å². The highest BCUT2D eigenvalue weighted by atomic mass is 15.1. The number of aryl methyl sites for hydroxylation is 1. The number of nitrogens with two attached hydrogens (primary N) is 1. The van der Waals surface area contributed by atoms with Gasteiger partial charge in [0.2, 0.25) is 0 Å². The molecule has 1 aliphatic rings. The first-order valence-corrected chi connectivity index (χ1v) is 8.36. The van der Waals surface area contributed by atoms with Crippen LogP contribution in [0.15, 0.2) is 24.3 Å². The van der Waals surface area contributed by atoms with E-state index in [-0.39, 0.29) is 5.41 Å². The van der Waals surface area contributed by atoms with Gasteiger partial charge in [-0.2, -0.15) is 0 Å². The van der Waals surface area contributed by atoms with Crippen LogP contribution in [-0.4, -0.2) is 16.1 Å². The van der Waals surface area contributed by atoms with Gasteiger partial charge in [0.1, 0.15) is 5.82 Å². The number of nitrogens with zero attached hydrogens (tertiary/aromatic N) is 2. The summed E-state index contributed by atoms with van der Waals surface area (Å²) in [4.78, 5) is 5.01. The Bertz CT molecular complexity index is 606. The monoisotopic (exact) mass is 285 g/mol. The van der Waals surface area contributed by atoms with Crippen LogP contribution in [0, 0.1) is 5.92 Å². The molecule has 3 rings (SSSR count). The highest BCUT2D eigenvalue weighted by Gasteiger charge is 2.38. The Kier molecular flexibility index (Phi) is 4.03. The van der Waals surface area contributed by atoms with Gasteiger partial charge in [0, 0.05) is 18.5 Å². The largest absolute Gasteiger partial charge is 0.329 e. The van der Waals surface area contributed by atoms with E-state index in [9.17, 15) is 0 Å². The molecule has 21 heavy (non-hydrogen) atoms. The van der Waals surface area contributed by atoms with Gasteiger partial charge >= 0.3 is 0 Å². The molecule has 3 heteroatoms. The van der Waals surface area contributed by atoms with Crippen LogP contribution in [0.5, 0.6) is 0 Å². The van der Waals surface area contributed by atoms with Gasteiger partial charge in [-0.15, -0.1) is 0 Å². The molecule has 1 aliphatic carbocycles. The molecule has 1 heterocycles. The van der Waals surface area contributed by atoms with Crippen molar-refractivity contribution in [1.82, 2.24) is 9.55 Å². The predicted octanol–water partition coefficient (Wildman–Crippen LogP) is 3.85. The van der Waals surface area contributed by atoms with Crippen molar-refractivity contribution >= 4 is 11.0 Å². The van der Waals surface area contributed by atoms with Crippen LogP contribution in [0.2, 0.25) is 0 Å². The van der Waals surface area contributed by atoms with Crippen molar-refractivity contribution in [2.24, 2.45) is 11.7 Å².